The average Bonchev–Trinajstić information content (AvgIpc) is 2.90. The average molecular weight is 363 g/mol. The molecule has 1 aliphatic heterocycles. The Morgan fingerprint density at radius 2 is 2.04 bits per heavy atom. The fourth-order valence-electron chi connectivity index (χ4n) is 1.98. The second-order valence-corrected chi connectivity index (χ2v) is 7.20. The summed E-state index contributed by atoms with van der Waals surface area (Å²) in [5.41, 5.74) is 1.57. The number of carbonyl (C=O) groups excluding carboxylic acids is 1. The molecule has 0 unspecified atom stereocenters. The van der Waals surface area contributed by atoms with Crippen LogP contribution in [0.15, 0.2) is 34.5 Å². The van der Waals surface area contributed by atoms with Crippen LogP contribution in [0.2, 0.25) is 0 Å². The highest BCUT2D eigenvalue weighted by Gasteiger charge is 2.32. The molecule has 8 heteroatoms. The molecule has 25 heavy (non-hydrogen) atoms. The molecule has 7 nitrogen and oxygen atoms in total. The maximum Gasteiger partial charge on any atom is 0.305 e. The lowest BCUT2D eigenvalue weighted by atomic mass is 10.1. The molecule has 0 aromatic heterocycles. The molecule has 1 atom stereocenters. The van der Waals surface area contributed by atoms with Crippen molar-refractivity contribution in [2.45, 2.75) is 32.4 Å². The summed E-state index contributed by atoms with van der Waals surface area (Å²) >= 11 is 1.08. The number of aliphatic carboxylic acids is 1. The van der Waals surface area contributed by atoms with Crippen LogP contribution < -0.4 is 10.1 Å². The van der Waals surface area contributed by atoms with Gasteiger partial charge in [-0.1, -0.05) is 25.6 Å². The summed E-state index contributed by atoms with van der Waals surface area (Å²) in [6.07, 6.45) is -0.240. The molecule has 1 fully saturated rings. The lowest BCUT2D eigenvalue weighted by Crippen LogP contribution is -2.26. The van der Waals surface area contributed by atoms with Gasteiger partial charge in [-0.25, -0.2) is 0 Å². The van der Waals surface area contributed by atoms with Crippen molar-refractivity contribution in [1.82, 2.24) is 5.32 Å². The number of hydrogen-bond donors (Lipinski definition) is 2. The number of hydrogen-bond acceptors (Lipinski definition) is 6. The van der Waals surface area contributed by atoms with Gasteiger partial charge < -0.3 is 15.2 Å². The molecule has 2 N–H and O–H groups in total. The maximum atomic E-state index is 11.6. The number of carboxylic acids is 1. The van der Waals surface area contributed by atoms with E-state index < -0.39 is 11.2 Å². The summed E-state index contributed by atoms with van der Waals surface area (Å²) in [6.45, 7) is 6.65. The normalized spacial score (nSPS) is 19.4. The topological polar surface area (TPSA) is 100 Å². The van der Waals surface area contributed by atoms with Crippen LogP contribution in [0.5, 0.6) is 5.75 Å². The van der Waals surface area contributed by atoms with Crippen LogP contribution in [0.25, 0.3) is 0 Å². The molecule has 0 spiro atoms. The number of amidine groups is 1. The Morgan fingerprint density at radius 3 is 2.64 bits per heavy atom. The predicted molar refractivity (Wildman–Crippen MR) is 98.2 cm³/mol. The molecule has 1 saturated heterocycles. The Balaban J connectivity index is 1.99. The van der Waals surface area contributed by atoms with E-state index in [1.165, 1.54) is 0 Å². The first-order valence-corrected chi connectivity index (χ1v) is 8.78. The molecular formula is C17H21N3O4S. The third-order valence-corrected chi connectivity index (χ3v) is 4.35. The number of carbonyl (C=O) groups is 2. The van der Waals surface area contributed by atoms with E-state index in [1.54, 1.807) is 0 Å². The number of nitrogens with zero attached hydrogens (tertiary/aromatic N) is 2. The molecule has 1 aromatic carbocycles. The van der Waals surface area contributed by atoms with Crippen molar-refractivity contribution in [2.24, 2.45) is 16.1 Å². The molecule has 1 aliphatic rings. The molecule has 0 radical (unpaired) electrons. The first-order valence-electron chi connectivity index (χ1n) is 7.90. The van der Waals surface area contributed by atoms with E-state index in [0.717, 1.165) is 23.1 Å². The summed E-state index contributed by atoms with van der Waals surface area (Å²) in [4.78, 5) is 22.3. The fraction of sp³-hybridized carbons (Fsp3) is 0.412. The Hall–Kier alpha value is -2.35. The molecule has 0 bridgehead atoms. The van der Waals surface area contributed by atoms with Gasteiger partial charge in [-0.05, 0) is 42.7 Å². The van der Waals surface area contributed by atoms with Gasteiger partial charge in [-0.3, -0.25) is 9.59 Å². The van der Waals surface area contributed by atoms with Gasteiger partial charge in [-0.2, -0.15) is 5.10 Å². The van der Waals surface area contributed by atoms with E-state index in [2.05, 4.69) is 29.4 Å². The predicted octanol–water partition coefficient (Wildman–Crippen LogP) is 2.51. The van der Waals surface area contributed by atoms with E-state index in [1.807, 2.05) is 31.2 Å². The highest BCUT2D eigenvalue weighted by Crippen LogP contribution is 2.22. The van der Waals surface area contributed by atoms with Crippen LogP contribution >= 0.6 is 11.8 Å². The lowest BCUT2D eigenvalue weighted by molar-refractivity contribution is -0.138. The molecule has 1 heterocycles. The number of rotatable bonds is 7. The number of carboxylic acid groups (broad SMARTS) is 1. The fourth-order valence-corrected chi connectivity index (χ4v) is 2.89. The molecule has 0 saturated carbocycles. The van der Waals surface area contributed by atoms with Crippen molar-refractivity contribution >= 4 is 34.5 Å². The minimum absolute atomic E-state index is 0.240. The number of thioether (sulfide) groups is 1. The standard InChI is InChI=1S/C17H21N3O4S/c1-10(2)9-24-13-6-4-12(5-7-13)11(3)19-20-17-18-16(23)14(25-17)8-15(21)22/h4-7,10,14H,8-9H2,1-3H3,(H,21,22)(H,18,20,23)/b19-11-/t14-/m0/s1. The minimum Gasteiger partial charge on any atom is -0.493 e. The number of benzene rings is 1. The monoisotopic (exact) mass is 363 g/mol. The van der Waals surface area contributed by atoms with Crippen LogP contribution in [-0.2, 0) is 9.59 Å². The van der Waals surface area contributed by atoms with Gasteiger partial charge in [0, 0.05) is 0 Å². The van der Waals surface area contributed by atoms with E-state index in [4.69, 9.17) is 9.84 Å². The van der Waals surface area contributed by atoms with Crippen molar-refractivity contribution in [3.63, 3.8) is 0 Å². The highest BCUT2D eigenvalue weighted by molar-refractivity contribution is 8.15. The third kappa shape index (κ3) is 5.90. The Kier molecular flexibility index (Phi) is 6.58. The van der Waals surface area contributed by atoms with Crippen LogP contribution in [0.3, 0.4) is 0 Å². The summed E-state index contributed by atoms with van der Waals surface area (Å²) in [7, 11) is 0. The highest BCUT2D eigenvalue weighted by atomic mass is 32.2. The zero-order valence-electron chi connectivity index (χ0n) is 14.4. The van der Waals surface area contributed by atoms with Crippen molar-refractivity contribution < 1.29 is 19.4 Å². The first kappa shape index (κ1) is 19.0. The van der Waals surface area contributed by atoms with Gasteiger partial charge in [0.1, 0.15) is 11.0 Å². The molecule has 2 rings (SSSR count). The smallest absolute Gasteiger partial charge is 0.305 e. The van der Waals surface area contributed by atoms with E-state index in [-0.39, 0.29) is 12.3 Å². The third-order valence-electron chi connectivity index (χ3n) is 3.28. The van der Waals surface area contributed by atoms with Gasteiger partial charge in [0.15, 0.2) is 5.17 Å². The largest absolute Gasteiger partial charge is 0.493 e. The van der Waals surface area contributed by atoms with Crippen LogP contribution in [-0.4, -0.2) is 39.7 Å². The lowest BCUT2D eigenvalue weighted by Gasteiger charge is -2.08. The van der Waals surface area contributed by atoms with Crippen LogP contribution in [0.4, 0.5) is 0 Å². The summed E-state index contributed by atoms with van der Waals surface area (Å²) in [5, 5.41) is 19.1. The van der Waals surface area contributed by atoms with Gasteiger partial charge in [0.2, 0.25) is 5.91 Å². The van der Waals surface area contributed by atoms with Crippen LogP contribution in [0, 0.1) is 5.92 Å². The minimum atomic E-state index is -1.02. The molecule has 0 aliphatic carbocycles. The molecule has 134 valence electrons. The Bertz CT molecular complexity index is 698. The number of nitrogens with one attached hydrogen (secondary N) is 1. The van der Waals surface area contributed by atoms with E-state index >= 15 is 0 Å². The Morgan fingerprint density at radius 1 is 1.36 bits per heavy atom. The maximum absolute atomic E-state index is 11.6. The second-order valence-electron chi connectivity index (χ2n) is 6.01. The number of ether oxygens (including phenoxy) is 1. The zero-order chi connectivity index (χ0) is 18.4. The van der Waals surface area contributed by atoms with Gasteiger partial charge in [0.25, 0.3) is 0 Å². The van der Waals surface area contributed by atoms with Crippen molar-refractivity contribution in [2.75, 3.05) is 6.61 Å². The summed E-state index contributed by atoms with van der Waals surface area (Å²) in [5.74, 6) is -0.117. The van der Waals surface area contributed by atoms with Gasteiger partial charge in [0.05, 0.1) is 18.7 Å². The van der Waals surface area contributed by atoms with E-state index in [9.17, 15) is 9.59 Å². The van der Waals surface area contributed by atoms with Crippen molar-refractivity contribution in [3.8, 4) is 5.75 Å². The molecular weight excluding hydrogens is 342 g/mol. The summed E-state index contributed by atoms with van der Waals surface area (Å²) < 4.78 is 5.63. The van der Waals surface area contributed by atoms with E-state index in [0.29, 0.717) is 23.4 Å². The first-order chi connectivity index (χ1) is 11.8. The van der Waals surface area contributed by atoms with Crippen molar-refractivity contribution in [1.29, 1.82) is 0 Å². The molecule has 1 amide bonds. The van der Waals surface area contributed by atoms with Crippen LogP contribution in [0.1, 0.15) is 32.8 Å². The van der Waals surface area contributed by atoms with Crippen molar-refractivity contribution in [3.05, 3.63) is 29.8 Å². The summed E-state index contributed by atoms with van der Waals surface area (Å²) in [6, 6.07) is 7.53. The Labute approximate surface area is 150 Å². The zero-order valence-corrected chi connectivity index (χ0v) is 15.2. The van der Waals surface area contributed by atoms with Gasteiger partial charge in [-0.15, -0.1) is 5.10 Å². The van der Waals surface area contributed by atoms with Gasteiger partial charge >= 0.3 is 5.97 Å². The second kappa shape index (κ2) is 8.66. The SMILES string of the molecule is C/C(=N/N=C1/NC(=O)[C@H](CC(=O)O)S1)c1ccc(OCC(C)C)cc1. The number of amides is 1. The quantitative estimate of drug-likeness (QED) is 0.573. The molecule has 1 aromatic rings.